The highest BCUT2D eigenvalue weighted by atomic mass is 35.5. The second-order valence-corrected chi connectivity index (χ2v) is 7.75. The Bertz CT molecular complexity index is 696. The summed E-state index contributed by atoms with van der Waals surface area (Å²) in [5.41, 5.74) is 0.869. The molecule has 2 N–H and O–H groups in total. The summed E-state index contributed by atoms with van der Waals surface area (Å²) in [6.45, 7) is 2.34. The van der Waals surface area contributed by atoms with E-state index in [1.165, 1.54) is 11.3 Å². The number of sulfonamides is 1. The molecule has 2 rings (SSSR count). The highest BCUT2D eigenvalue weighted by Crippen LogP contribution is 2.24. The molecule has 0 bridgehead atoms. The molecule has 0 aliphatic rings. The lowest BCUT2D eigenvalue weighted by Gasteiger charge is -2.15. The van der Waals surface area contributed by atoms with Crippen LogP contribution in [-0.4, -0.2) is 15.5 Å². The molecule has 0 spiro atoms. The number of hydrogen-bond donors (Lipinski definition) is 2. The summed E-state index contributed by atoms with van der Waals surface area (Å²) in [7, 11) is -1.75. The van der Waals surface area contributed by atoms with Crippen molar-refractivity contribution in [3.05, 3.63) is 51.2 Å². The zero-order valence-electron chi connectivity index (χ0n) is 11.8. The molecular formula is C14H17ClN2O2S2. The number of nitrogens with one attached hydrogen (secondary N) is 2. The van der Waals surface area contributed by atoms with Crippen molar-refractivity contribution >= 4 is 33.0 Å². The Balaban J connectivity index is 2.20. The monoisotopic (exact) mass is 344 g/mol. The van der Waals surface area contributed by atoms with Crippen molar-refractivity contribution in [3.8, 4) is 0 Å². The first-order valence-electron chi connectivity index (χ1n) is 6.43. The van der Waals surface area contributed by atoms with Gasteiger partial charge in [-0.1, -0.05) is 23.7 Å². The van der Waals surface area contributed by atoms with Gasteiger partial charge in [-0.15, -0.1) is 11.3 Å². The third-order valence-corrected chi connectivity index (χ3v) is 5.96. The molecule has 21 heavy (non-hydrogen) atoms. The fourth-order valence-electron chi connectivity index (χ4n) is 1.97. The van der Waals surface area contributed by atoms with Gasteiger partial charge in [0.25, 0.3) is 0 Å². The minimum Gasteiger partial charge on any atom is -0.315 e. The zero-order chi connectivity index (χ0) is 15.5. The average molecular weight is 345 g/mol. The molecule has 0 aliphatic heterocycles. The lowest BCUT2D eigenvalue weighted by molar-refractivity contribution is 0.566. The minimum atomic E-state index is -3.54. The average Bonchev–Trinajstić information content (AvgIpc) is 2.88. The molecule has 0 radical (unpaired) electrons. The number of halogens is 1. The molecule has 0 amide bonds. The van der Waals surface area contributed by atoms with Crippen LogP contribution in [0.2, 0.25) is 5.02 Å². The van der Waals surface area contributed by atoms with E-state index in [4.69, 9.17) is 11.6 Å². The van der Waals surface area contributed by atoms with Crippen LogP contribution < -0.4 is 10.0 Å². The van der Waals surface area contributed by atoms with Crippen LogP contribution in [0.5, 0.6) is 0 Å². The van der Waals surface area contributed by atoms with Crippen LogP contribution in [0.3, 0.4) is 0 Å². The van der Waals surface area contributed by atoms with E-state index in [0.717, 1.165) is 10.4 Å². The fourth-order valence-corrected chi connectivity index (χ4v) is 4.79. The van der Waals surface area contributed by atoms with Gasteiger partial charge in [-0.2, -0.15) is 0 Å². The van der Waals surface area contributed by atoms with Crippen LogP contribution in [0.1, 0.15) is 23.4 Å². The van der Waals surface area contributed by atoms with Gasteiger partial charge in [-0.25, -0.2) is 13.1 Å². The molecule has 2 aromatic rings. The molecule has 1 unspecified atom stereocenters. The molecule has 0 aliphatic carbocycles. The van der Waals surface area contributed by atoms with E-state index in [1.807, 2.05) is 19.1 Å². The summed E-state index contributed by atoms with van der Waals surface area (Å²) >= 11 is 7.27. The molecule has 1 aromatic carbocycles. The fraction of sp³-hybridized carbons (Fsp3) is 0.286. The molecule has 1 aromatic heterocycles. The number of hydrogen-bond acceptors (Lipinski definition) is 4. The Morgan fingerprint density at radius 1 is 1.24 bits per heavy atom. The van der Waals surface area contributed by atoms with Gasteiger partial charge in [-0.3, -0.25) is 0 Å². The summed E-state index contributed by atoms with van der Waals surface area (Å²) in [5.74, 6) is 0. The summed E-state index contributed by atoms with van der Waals surface area (Å²) in [6.07, 6.45) is 0. The summed E-state index contributed by atoms with van der Waals surface area (Å²) < 4.78 is 27.7. The molecule has 7 heteroatoms. The quantitative estimate of drug-likeness (QED) is 0.846. The minimum absolute atomic E-state index is 0.324. The predicted molar refractivity (Wildman–Crippen MR) is 87.3 cm³/mol. The highest BCUT2D eigenvalue weighted by Gasteiger charge is 2.22. The van der Waals surface area contributed by atoms with E-state index in [1.54, 1.807) is 30.6 Å². The Labute approximate surface area is 134 Å². The Hall–Kier alpha value is -0.920. The van der Waals surface area contributed by atoms with E-state index in [9.17, 15) is 8.42 Å². The highest BCUT2D eigenvalue weighted by molar-refractivity contribution is 7.89. The lowest BCUT2D eigenvalue weighted by atomic mass is 10.1. The van der Waals surface area contributed by atoms with Crippen LogP contribution in [-0.2, 0) is 16.6 Å². The first-order chi connectivity index (χ1) is 9.94. The second kappa shape index (κ2) is 6.89. The van der Waals surface area contributed by atoms with E-state index in [-0.39, 0.29) is 6.04 Å². The van der Waals surface area contributed by atoms with Gasteiger partial charge in [0.05, 0.1) is 4.90 Å². The normalized spacial score (nSPS) is 13.3. The zero-order valence-corrected chi connectivity index (χ0v) is 14.1. The predicted octanol–water partition coefficient (Wildman–Crippen LogP) is 3.16. The van der Waals surface area contributed by atoms with E-state index < -0.39 is 10.0 Å². The van der Waals surface area contributed by atoms with Crippen LogP contribution >= 0.6 is 22.9 Å². The first-order valence-corrected chi connectivity index (χ1v) is 9.17. The standard InChI is InChI=1S/C14H17ClN2O2S2/c1-10(11-3-5-12(15)6-4-11)17-21(18,19)14-7-8-20-13(14)9-16-2/h3-8,10,16-17H,9H2,1-2H3. The molecule has 0 saturated carbocycles. The van der Waals surface area contributed by atoms with Gasteiger partial charge in [0.1, 0.15) is 0 Å². The number of benzene rings is 1. The third-order valence-electron chi connectivity index (χ3n) is 3.03. The Kier molecular flexibility index (Phi) is 5.40. The van der Waals surface area contributed by atoms with Crippen molar-refractivity contribution in [2.45, 2.75) is 24.4 Å². The SMILES string of the molecule is CNCc1sccc1S(=O)(=O)NC(C)c1ccc(Cl)cc1. The van der Waals surface area contributed by atoms with Gasteiger partial charge in [0.15, 0.2) is 0 Å². The van der Waals surface area contributed by atoms with Gasteiger partial charge in [0, 0.05) is 22.5 Å². The van der Waals surface area contributed by atoms with Crippen LogP contribution in [0.25, 0.3) is 0 Å². The summed E-state index contributed by atoms with van der Waals surface area (Å²) in [4.78, 5) is 1.14. The van der Waals surface area contributed by atoms with E-state index in [2.05, 4.69) is 10.0 Å². The van der Waals surface area contributed by atoms with Crippen LogP contribution in [0, 0.1) is 0 Å². The topological polar surface area (TPSA) is 58.2 Å². The van der Waals surface area contributed by atoms with Crippen molar-refractivity contribution in [1.82, 2.24) is 10.0 Å². The van der Waals surface area contributed by atoms with Crippen molar-refractivity contribution in [1.29, 1.82) is 0 Å². The third kappa shape index (κ3) is 4.05. The van der Waals surface area contributed by atoms with Gasteiger partial charge in [-0.05, 0) is 43.1 Å². The van der Waals surface area contributed by atoms with Gasteiger partial charge >= 0.3 is 0 Å². The Morgan fingerprint density at radius 3 is 2.52 bits per heavy atom. The summed E-state index contributed by atoms with van der Waals surface area (Å²) in [6, 6.07) is 8.44. The van der Waals surface area contributed by atoms with Crippen molar-refractivity contribution in [2.75, 3.05) is 7.05 Å². The molecule has 1 atom stereocenters. The van der Waals surface area contributed by atoms with E-state index in [0.29, 0.717) is 16.5 Å². The summed E-state index contributed by atoms with van der Waals surface area (Å²) in [5, 5.41) is 5.39. The number of thiophene rings is 1. The van der Waals surface area contributed by atoms with Crippen molar-refractivity contribution < 1.29 is 8.42 Å². The number of rotatable bonds is 6. The van der Waals surface area contributed by atoms with E-state index >= 15 is 0 Å². The van der Waals surface area contributed by atoms with Crippen molar-refractivity contribution in [3.63, 3.8) is 0 Å². The van der Waals surface area contributed by atoms with Crippen LogP contribution in [0.4, 0.5) is 0 Å². The molecule has 4 nitrogen and oxygen atoms in total. The molecular weight excluding hydrogens is 328 g/mol. The first kappa shape index (κ1) is 16.5. The largest absolute Gasteiger partial charge is 0.315 e. The molecule has 0 fully saturated rings. The molecule has 1 heterocycles. The molecule has 0 saturated heterocycles. The van der Waals surface area contributed by atoms with Crippen molar-refractivity contribution in [2.24, 2.45) is 0 Å². The maximum absolute atomic E-state index is 12.5. The van der Waals surface area contributed by atoms with Gasteiger partial charge < -0.3 is 5.32 Å². The molecule has 114 valence electrons. The smallest absolute Gasteiger partial charge is 0.242 e. The lowest BCUT2D eigenvalue weighted by Crippen LogP contribution is -2.27. The second-order valence-electron chi connectivity index (χ2n) is 4.63. The maximum atomic E-state index is 12.5. The van der Waals surface area contributed by atoms with Crippen LogP contribution in [0.15, 0.2) is 40.6 Å². The maximum Gasteiger partial charge on any atom is 0.242 e. The Morgan fingerprint density at radius 2 is 1.90 bits per heavy atom. The van der Waals surface area contributed by atoms with Gasteiger partial charge in [0.2, 0.25) is 10.0 Å².